The van der Waals surface area contributed by atoms with Gasteiger partial charge in [0.15, 0.2) is 11.2 Å². The molecular weight excluding hydrogens is 548 g/mol. The van der Waals surface area contributed by atoms with Crippen LogP contribution in [-0.4, -0.2) is 24.2 Å². The van der Waals surface area contributed by atoms with Gasteiger partial charge in [0.2, 0.25) is 11.8 Å². The second-order valence-corrected chi connectivity index (χ2v) is 13.5. The molecule has 2 heterocycles. The molecule has 0 aliphatic carbocycles. The number of rotatable bonds is 4. The number of hydrogen-bond donors (Lipinski definition) is 0. The number of benzene rings is 5. The number of methoxy groups -OCH3 is 2. The van der Waals surface area contributed by atoms with E-state index in [2.05, 4.69) is 77.9 Å². The highest BCUT2D eigenvalue weighted by molar-refractivity contribution is 6.08. The molecule has 0 fully saturated rings. The van der Waals surface area contributed by atoms with E-state index in [1.807, 2.05) is 36.4 Å². The minimum atomic E-state index is -0.140. The van der Waals surface area contributed by atoms with E-state index in [0.717, 1.165) is 77.5 Å². The topological polar surface area (TPSA) is 70.5 Å². The molecule has 44 heavy (non-hydrogen) atoms. The van der Waals surface area contributed by atoms with Crippen molar-refractivity contribution in [3.05, 3.63) is 83.9 Å². The van der Waals surface area contributed by atoms with Crippen LogP contribution in [0.4, 0.5) is 0 Å². The van der Waals surface area contributed by atoms with E-state index in [1.165, 1.54) is 0 Å². The average Bonchev–Trinajstić information content (AvgIpc) is 3.61. The molecule has 7 aromatic rings. The van der Waals surface area contributed by atoms with Gasteiger partial charge in [-0.2, -0.15) is 0 Å². The maximum atomic E-state index is 6.51. The summed E-state index contributed by atoms with van der Waals surface area (Å²) in [5, 5.41) is 4.27. The van der Waals surface area contributed by atoms with Gasteiger partial charge in [-0.05, 0) is 68.8 Å². The summed E-state index contributed by atoms with van der Waals surface area (Å²) in [5.41, 5.74) is 6.86. The van der Waals surface area contributed by atoms with Gasteiger partial charge >= 0.3 is 0 Å². The first kappa shape index (κ1) is 28.0. The maximum Gasteiger partial charge on any atom is 0.227 e. The number of oxazole rings is 2. The number of nitrogens with zero attached hydrogens (tertiary/aromatic N) is 2. The van der Waals surface area contributed by atoms with Crippen molar-refractivity contribution in [3.63, 3.8) is 0 Å². The van der Waals surface area contributed by atoms with Crippen LogP contribution in [0.2, 0.25) is 0 Å². The predicted octanol–water partition coefficient (Wildman–Crippen LogP) is 10.2. The Bertz CT molecular complexity index is 2070. The van der Waals surface area contributed by atoms with Gasteiger partial charge in [0.1, 0.15) is 22.5 Å². The quantitative estimate of drug-likeness (QED) is 0.192. The van der Waals surface area contributed by atoms with Gasteiger partial charge < -0.3 is 18.3 Å². The largest absolute Gasteiger partial charge is 0.497 e. The summed E-state index contributed by atoms with van der Waals surface area (Å²) in [6.07, 6.45) is 0. The number of fused-ring (bicyclic) bond motifs is 4. The normalized spacial score (nSPS) is 12.5. The minimum Gasteiger partial charge on any atom is -0.497 e. The van der Waals surface area contributed by atoms with E-state index in [1.54, 1.807) is 14.2 Å². The Morgan fingerprint density at radius 2 is 0.955 bits per heavy atom. The summed E-state index contributed by atoms with van der Waals surface area (Å²) in [7, 11) is 3.36. The second kappa shape index (κ2) is 9.84. The van der Waals surface area contributed by atoms with Crippen molar-refractivity contribution in [1.29, 1.82) is 0 Å². The molecule has 0 bridgehead atoms. The SMILES string of the molecule is COc1cc(C(C)(C)C)c2oc(-c3cccc4cc5c(-c6nc7cc(OC)cc(C(C)(C)C)c7o6)cccc5cc34)nc2c1. The predicted molar refractivity (Wildman–Crippen MR) is 178 cm³/mol. The van der Waals surface area contributed by atoms with Crippen LogP contribution in [0.5, 0.6) is 11.5 Å². The molecule has 5 aromatic carbocycles. The van der Waals surface area contributed by atoms with Crippen molar-refractivity contribution in [1.82, 2.24) is 9.97 Å². The molecule has 0 atom stereocenters. The number of aromatic nitrogens is 2. The van der Waals surface area contributed by atoms with Crippen LogP contribution in [0.1, 0.15) is 52.7 Å². The molecule has 6 nitrogen and oxygen atoms in total. The lowest BCUT2D eigenvalue weighted by molar-refractivity contribution is 0.413. The first-order chi connectivity index (χ1) is 20.9. The molecule has 222 valence electrons. The molecule has 0 spiro atoms. The van der Waals surface area contributed by atoms with Gasteiger partial charge in [-0.1, -0.05) is 65.8 Å². The van der Waals surface area contributed by atoms with Crippen molar-refractivity contribution in [2.24, 2.45) is 0 Å². The van der Waals surface area contributed by atoms with Crippen LogP contribution in [0.3, 0.4) is 0 Å². The standard InChI is InChI=1S/C38H36N2O4/c1-37(2,3)29-17-23(41-7)19-31-33(29)43-35(39-31)25-13-9-11-21-16-28-22(15-27(21)25)12-10-14-26(28)36-40-32-20-24(42-8)18-30(34(32)44-36)38(4,5)6/h9-20H,1-8H3. The van der Waals surface area contributed by atoms with Gasteiger partial charge in [0.05, 0.1) is 14.2 Å². The fourth-order valence-electron chi connectivity index (χ4n) is 6.02. The van der Waals surface area contributed by atoms with Crippen molar-refractivity contribution >= 4 is 43.7 Å². The van der Waals surface area contributed by atoms with Crippen LogP contribution in [0.25, 0.3) is 66.7 Å². The van der Waals surface area contributed by atoms with Crippen LogP contribution in [0, 0.1) is 0 Å². The van der Waals surface area contributed by atoms with Gasteiger partial charge in [0.25, 0.3) is 0 Å². The van der Waals surface area contributed by atoms with E-state index in [4.69, 9.17) is 28.3 Å². The molecule has 0 unspecified atom stereocenters. The Morgan fingerprint density at radius 3 is 1.32 bits per heavy atom. The van der Waals surface area contributed by atoms with E-state index in [9.17, 15) is 0 Å². The lowest BCUT2D eigenvalue weighted by atomic mass is 9.86. The van der Waals surface area contributed by atoms with Crippen LogP contribution in [0.15, 0.2) is 81.6 Å². The Balaban J connectivity index is 1.41. The molecule has 0 N–H and O–H groups in total. The maximum absolute atomic E-state index is 6.51. The van der Waals surface area contributed by atoms with Crippen LogP contribution >= 0.6 is 0 Å². The van der Waals surface area contributed by atoms with Crippen molar-refractivity contribution < 1.29 is 18.3 Å². The van der Waals surface area contributed by atoms with Crippen molar-refractivity contribution in [2.45, 2.75) is 52.4 Å². The van der Waals surface area contributed by atoms with E-state index in [0.29, 0.717) is 11.8 Å². The molecule has 0 radical (unpaired) electrons. The second-order valence-electron chi connectivity index (χ2n) is 13.5. The first-order valence-electron chi connectivity index (χ1n) is 14.9. The van der Waals surface area contributed by atoms with E-state index >= 15 is 0 Å². The van der Waals surface area contributed by atoms with Gasteiger partial charge in [-0.25, -0.2) is 9.97 Å². The Morgan fingerprint density at radius 1 is 0.545 bits per heavy atom. The van der Waals surface area contributed by atoms with E-state index < -0.39 is 0 Å². The molecule has 6 heteroatoms. The Hall–Kier alpha value is -4.84. The zero-order valence-electron chi connectivity index (χ0n) is 26.5. The molecule has 0 saturated heterocycles. The fourth-order valence-corrected chi connectivity index (χ4v) is 6.02. The molecule has 0 aliphatic heterocycles. The summed E-state index contributed by atoms with van der Waals surface area (Å²) in [6.45, 7) is 13.0. The lowest BCUT2D eigenvalue weighted by Crippen LogP contribution is -2.11. The Kier molecular flexibility index (Phi) is 6.26. The third-order valence-electron chi connectivity index (χ3n) is 8.35. The third kappa shape index (κ3) is 4.57. The molecule has 2 aromatic heterocycles. The lowest BCUT2D eigenvalue weighted by Gasteiger charge is -2.19. The first-order valence-corrected chi connectivity index (χ1v) is 14.9. The highest BCUT2D eigenvalue weighted by Gasteiger charge is 2.25. The van der Waals surface area contributed by atoms with Crippen LogP contribution in [-0.2, 0) is 10.8 Å². The van der Waals surface area contributed by atoms with E-state index in [-0.39, 0.29) is 10.8 Å². The molecule has 0 aliphatic rings. The Labute approximate surface area is 256 Å². The molecular formula is C38H36N2O4. The summed E-state index contributed by atoms with van der Waals surface area (Å²) in [6, 6.07) is 24.8. The monoisotopic (exact) mass is 584 g/mol. The van der Waals surface area contributed by atoms with Gasteiger partial charge in [-0.15, -0.1) is 0 Å². The molecule has 0 amide bonds. The zero-order valence-corrected chi connectivity index (χ0v) is 26.5. The number of ether oxygens (including phenoxy) is 2. The fraction of sp³-hybridized carbons (Fsp3) is 0.263. The summed E-state index contributed by atoms with van der Waals surface area (Å²) in [4.78, 5) is 9.89. The van der Waals surface area contributed by atoms with Crippen LogP contribution < -0.4 is 9.47 Å². The summed E-state index contributed by atoms with van der Waals surface area (Å²) >= 11 is 0. The molecule has 0 saturated carbocycles. The van der Waals surface area contributed by atoms with Crippen molar-refractivity contribution in [2.75, 3.05) is 14.2 Å². The smallest absolute Gasteiger partial charge is 0.227 e. The van der Waals surface area contributed by atoms with Gasteiger partial charge in [-0.3, -0.25) is 0 Å². The highest BCUT2D eigenvalue weighted by Crippen LogP contribution is 2.41. The average molecular weight is 585 g/mol. The zero-order chi connectivity index (χ0) is 31.0. The van der Waals surface area contributed by atoms with Crippen molar-refractivity contribution in [3.8, 4) is 34.4 Å². The third-order valence-corrected chi connectivity index (χ3v) is 8.35. The van der Waals surface area contributed by atoms with Gasteiger partial charge in [0, 0.05) is 34.4 Å². The summed E-state index contributed by atoms with van der Waals surface area (Å²) in [5.74, 6) is 2.71. The highest BCUT2D eigenvalue weighted by atomic mass is 16.5. The minimum absolute atomic E-state index is 0.140. The number of hydrogen-bond acceptors (Lipinski definition) is 6. The molecule has 7 rings (SSSR count). The summed E-state index contributed by atoms with van der Waals surface area (Å²) < 4.78 is 24.2.